The number of carboxylic acid groups (broad SMARTS) is 2. The summed E-state index contributed by atoms with van der Waals surface area (Å²) in [5, 5.41) is 20.4. The second-order valence-electron chi connectivity index (χ2n) is 10.7. The summed E-state index contributed by atoms with van der Waals surface area (Å²) in [6.45, 7) is 4.46. The van der Waals surface area contributed by atoms with Crippen LogP contribution >= 0.6 is 0 Å². The molecule has 0 amide bonds. The van der Waals surface area contributed by atoms with E-state index in [2.05, 4.69) is 98.9 Å². The molecule has 256 valence electrons. The van der Waals surface area contributed by atoms with Gasteiger partial charge in [0.2, 0.25) is 0 Å². The summed E-state index contributed by atoms with van der Waals surface area (Å²) in [4.78, 5) is 20.4. The second kappa shape index (κ2) is 43.5. The van der Waals surface area contributed by atoms with Gasteiger partial charge in [-0.2, -0.15) is 0 Å². The Labute approximate surface area is 286 Å². The molecule has 0 aromatic heterocycles. The van der Waals surface area contributed by atoms with Crippen LogP contribution in [0.3, 0.4) is 0 Å². The fourth-order valence-electron chi connectivity index (χ4n) is 3.85. The third kappa shape index (κ3) is 51.2. The van der Waals surface area contributed by atoms with Gasteiger partial charge in [-0.1, -0.05) is 137 Å². The Morgan fingerprint density at radius 2 is 0.600 bits per heavy atom. The zero-order chi connectivity index (χ0) is 32.6. The van der Waals surface area contributed by atoms with Crippen LogP contribution in [0, 0.1) is 0 Å². The van der Waals surface area contributed by atoms with Crippen LogP contribution in [0.2, 0.25) is 0 Å². The number of hydrogen-bond donors (Lipinski definition) is 0. The molecule has 0 atom stereocenters. The monoisotopic (exact) mass is 664 g/mol. The zero-order valence-corrected chi connectivity index (χ0v) is 29.3. The summed E-state index contributed by atoms with van der Waals surface area (Å²) < 4.78 is 0. The summed E-state index contributed by atoms with van der Waals surface area (Å²) in [7, 11) is 0. The number of unbranched alkanes of at least 4 members (excludes halogenated alkanes) is 8. The van der Waals surface area contributed by atoms with Gasteiger partial charge in [0.1, 0.15) is 0 Å². The maximum absolute atomic E-state index is 10.2. The van der Waals surface area contributed by atoms with Crippen LogP contribution in [0.25, 0.3) is 0 Å². The van der Waals surface area contributed by atoms with Crippen LogP contribution in [-0.2, 0) is 26.1 Å². The SMILES string of the molecule is CCCCC/C=C\C/C=C\C/C=C\C/C=C\CCCC(=O)[O-].CCCCC/C=C\C/C=C\C/C=C\C/C=C\CCCC(=O)[O-].[Ni+2]. The van der Waals surface area contributed by atoms with Crippen molar-refractivity contribution in [2.45, 2.75) is 142 Å². The minimum atomic E-state index is -0.962. The number of allylic oxidation sites excluding steroid dienone is 16. The Morgan fingerprint density at radius 1 is 0.378 bits per heavy atom. The van der Waals surface area contributed by atoms with E-state index < -0.39 is 11.9 Å². The van der Waals surface area contributed by atoms with Gasteiger partial charge in [-0.3, -0.25) is 0 Å². The molecule has 0 aliphatic rings. The van der Waals surface area contributed by atoms with Crippen LogP contribution in [0.15, 0.2) is 97.2 Å². The van der Waals surface area contributed by atoms with Crippen molar-refractivity contribution in [3.05, 3.63) is 97.2 Å². The third-order valence-electron chi connectivity index (χ3n) is 6.42. The fraction of sp³-hybridized carbons (Fsp3) is 0.550. The molecule has 45 heavy (non-hydrogen) atoms. The van der Waals surface area contributed by atoms with Crippen molar-refractivity contribution in [1.29, 1.82) is 0 Å². The van der Waals surface area contributed by atoms with Crippen LogP contribution in [0.5, 0.6) is 0 Å². The van der Waals surface area contributed by atoms with Crippen molar-refractivity contribution in [3.8, 4) is 0 Å². The number of carbonyl (C=O) groups excluding carboxylic acids is 2. The first-order valence-corrected chi connectivity index (χ1v) is 17.1. The van der Waals surface area contributed by atoms with Gasteiger partial charge in [-0.25, -0.2) is 0 Å². The Bertz CT molecular complexity index is 803. The minimum Gasteiger partial charge on any atom is -0.550 e. The minimum absolute atomic E-state index is 0. The van der Waals surface area contributed by atoms with E-state index in [4.69, 9.17) is 0 Å². The molecule has 0 saturated carbocycles. The topological polar surface area (TPSA) is 80.3 Å². The van der Waals surface area contributed by atoms with E-state index in [-0.39, 0.29) is 29.3 Å². The Balaban J connectivity index is -0.000000767. The van der Waals surface area contributed by atoms with E-state index in [1.807, 2.05) is 12.2 Å². The van der Waals surface area contributed by atoms with Gasteiger partial charge in [0.15, 0.2) is 0 Å². The molecule has 4 nitrogen and oxygen atoms in total. The number of aliphatic carboxylic acids is 2. The van der Waals surface area contributed by atoms with Crippen molar-refractivity contribution in [2.24, 2.45) is 0 Å². The van der Waals surface area contributed by atoms with Crippen LogP contribution in [-0.4, -0.2) is 11.9 Å². The largest absolute Gasteiger partial charge is 2.00 e. The maximum Gasteiger partial charge on any atom is 2.00 e. The van der Waals surface area contributed by atoms with Crippen molar-refractivity contribution >= 4 is 11.9 Å². The zero-order valence-electron chi connectivity index (χ0n) is 28.3. The molecule has 0 aromatic rings. The number of hydrogen-bond acceptors (Lipinski definition) is 4. The molecular formula is C40H62NiO4. The molecule has 0 radical (unpaired) electrons. The van der Waals surface area contributed by atoms with E-state index in [1.165, 1.54) is 51.4 Å². The summed E-state index contributed by atoms with van der Waals surface area (Å²) in [5.74, 6) is -1.92. The molecule has 0 rings (SSSR count). The normalized spacial score (nSPS) is 12.1. The van der Waals surface area contributed by atoms with E-state index in [1.54, 1.807) is 0 Å². The van der Waals surface area contributed by atoms with Gasteiger partial charge in [-0.05, 0) is 103 Å². The summed E-state index contributed by atoms with van der Waals surface area (Å²) in [6.07, 6.45) is 54.0. The molecule has 0 bridgehead atoms. The smallest absolute Gasteiger partial charge is 0.550 e. The maximum atomic E-state index is 10.2. The molecular weight excluding hydrogens is 603 g/mol. The van der Waals surface area contributed by atoms with Gasteiger partial charge in [0.05, 0.1) is 0 Å². The fourth-order valence-corrected chi connectivity index (χ4v) is 3.85. The Hall–Kier alpha value is -2.65. The van der Waals surface area contributed by atoms with E-state index in [0.29, 0.717) is 12.8 Å². The van der Waals surface area contributed by atoms with Crippen LogP contribution in [0.1, 0.15) is 142 Å². The average Bonchev–Trinajstić information content (AvgIpc) is 3.00. The van der Waals surface area contributed by atoms with E-state index in [9.17, 15) is 19.8 Å². The first kappa shape index (κ1) is 46.8. The molecule has 0 aliphatic heterocycles. The standard InChI is InChI=1S/2C20H32O2.Ni/c2*1-2-3-4-5-6-7-8-9-10-11-12-13-14-15-16-17-18-19-20(21)22;/h2*6-7,9-10,12-13,15-16H,2-5,8,11,14,17-19H2,1H3,(H,21,22);/q;;+2/p-2/b2*7-6-,10-9-,13-12-,16-15-;. The first-order valence-electron chi connectivity index (χ1n) is 17.1. The van der Waals surface area contributed by atoms with Crippen molar-refractivity contribution in [1.82, 2.24) is 0 Å². The molecule has 0 spiro atoms. The Morgan fingerprint density at radius 3 is 0.822 bits per heavy atom. The number of carboxylic acids is 2. The predicted molar refractivity (Wildman–Crippen MR) is 187 cm³/mol. The third-order valence-corrected chi connectivity index (χ3v) is 6.42. The van der Waals surface area contributed by atoms with Crippen LogP contribution in [0.4, 0.5) is 0 Å². The second-order valence-corrected chi connectivity index (χ2v) is 10.7. The summed E-state index contributed by atoms with van der Waals surface area (Å²) in [5.41, 5.74) is 0. The summed E-state index contributed by atoms with van der Waals surface area (Å²) in [6, 6.07) is 0. The molecule has 0 aliphatic carbocycles. The molecule has 0 saturated heterocycles. The first-order chi connectivity index (χ1) is 21.5. The van der Waals surface area contributed by atoms with Crippen molar-refractivity contribution in [3.63, 3.8) is 0 Å². The van der Waals surface area contributed by atoms with E-state index >= 15 is 0 Å². The molecule has 0 heterocycles. The quantitative estimate of drug-likeness (QED) is 0.0474. The number of carbonyl (C=O) groups is 2. The Kier molecular flexibility index (Phi) is 45.2. The predicted octanol–water partition coefficient (Wildman–Crippen LogP) is 9.76. The van der Waals surface area contributed by atoms with Gasteiger partial charge in [0.25, 0.3) is 0 Å². The average molecular weight is 666 g/mol. The number of rotatable bonds is 28. The van der Waals surface area contributed by atoms with Crippen molar-refractivity contribution in [2.75, 3.05) is 0 Å². The van der Waals surface area contributed by atoms with Crippen molar-refractivity contribution < 1.29 is 36.3 Å². The van der Waals surface area contributed by atoms with Gasteiger partial charge in [-0.15, -0.1) is 0 Å². The molecule has 0 N–H and O–H groups in total. The molecule has 0 aromatic carbocycles. The van der Waals surface area contributed by atoms with Crippen LogP contribution < -0.4 is 10.2 Å². The molecule has 0 fully saturated rings. The van der Waals surface area contributed by atoms with Gasteiger partial charge < -0.3 is 19.8 Å². The molecule has 5 heteroatoms. The van der Waals surface area contributed by atoms with Gasteiger partial charge in [0, 0.05) is 11.9 Å². The van der Waals surface area contributed by atoms with E-state index in [0.717, 1.165) is 51.4 Å². The van der Waals surface area contributed by atoms with Gasteiger partial charge >= 0.3 is 16.5 Å². The molecule has 0 unspecified atom stereocenters. The summed E-state index contributed by atoms with van der Waals surface area (Å²) >= 11 is 0.